The van der Waals surface area contributed by atoms with Gasteiger partial charge in [-0.1, -0.05) is 72.1 Å². The maximum atomic E-state index is 12.0. The van der Waals surface area contributed by atoms with Crippen LogP contribution in [0, 0.1) is 0 Å². The third kappa shape index (κ3) is 5.94. The van der Waals surface area contributed by atoms with Gasteiger partial charge in [0.2, 0.25) is 11.1 Å². The second kappa shape index (κ2) is 9.84. The fourth-order valence-electron chi connectivity index (χ4n) is 2.30. The number of thioether (sulfide) groups is 1. The van der Waals surface area contributed by atoms with Crippen LogP contribution >= 0.6 is 27.7 Å². The molecule has 0 radical (unpaired) electrons. The minimum Gasteiger partial charge on any atom is -0.353 e. The van der Waals surface area contributed by atoms with Crippen LogP contribution in [0.15, 0.2) is 33.9 Å². The van der Waals surface area contributed by atoms with Crippen molar-refractivity contribution in [2.45, 2.75) is 50.7 Å². The van der Waals surface area contributed by atoms with Crippen LogP contribution < -0.4 is 5.32 Å². The van der Waals surface area contributed by atoms with E-state index in [4.69, 9.17) is 0 Å². The van der Waals surface area contributed by atoms with E-state index in [9.17, 15) is 4.79 Å². The van der Waals surface area contributed by atoms with E-state index in [1.54, 1.807) is 0 Å². The van der Waals surface area contributed by atoms with Crippen LogP contribution in [0.3, 0.4) is 0 Å². The summed E-state index contributed by atoms with van der Waals surface area (Å²) in [5.74, 6) is 1.04. The van der Waals surface area contributed by atoms with Gasteiger partial charge in [0.1, 0.15) is 0 Å². The normalized spacial score (nSPS) is 12.1. The van der Waals surface area contributed by atoms with Crippen LogP contribution in [0.1, 0.15) is 39.5 Å². The molecule has 130 valence electrons. The summed E-state index contributed by atoms with van der Waals surface area (Å²) in [6, 6.07) is 8.03. The first kappa shape index (κ1) is 19.0. The largest absolute Gasteiger partial charge is 0.353 e. The lowest BCUT2D eigenvalue weighted by atomic mass is 10.1. The number of nitrogens with zero attached hydrogens (tertiary/aromatic N) is 2. The summed E-state index contributed by atoms with van der Waals surface area (Å²) in [5, 5.41) is 10.7. The molecule has 2 aromatic rings. The smallest absolute Gasteiger partial charge is 0.230 e. The van der Waals surface area contributed by atoms with Gasteiger partial charge in [-0.3, -0.25) is 9.89 Å². The van der Waals surface area contributed by atoms with Crippen molar-refractivity contribution in [1.29, 1.82) is 0 Å². The molecule has 0 saturated heterocycles. The molecule has 0 saturated carbocycles. The standard InChI is InChI=1S/C17H23BrN4OS/c1-3-4-5-8-12(2)19-15(23)11-24-17-20-16(21-22-17)13-9-6-7-10-14(13)18/h6-7,9-10,12H,3-5,8,11H2,1-2H3,(H,19,23)(H,20,21,22). The van der Waals surface area contributed by atoms with E-state index < -0.39 is 0 Å². The summed E-state index contributed by atoms with van der Waals surface area (Å²) in [6.45, 7) is 4.23. The van der Waals surface area contributed by atoms with Crippen LogP contribution in [0.2, 0.25) is 0 Å². The Morgan fingerprint density at radius 2 is 2.17 bits per heavy atom. The van der Waals surface area contributed by atoms with Crippen molar-refractivity contribution < 1.29 is 4.79 Å². The average Bonchev–Trinajstić information content (AvgIpc) is 3.02. The average molecular weight is 411 g/mol. The zero-order valence-electron chi connectivity index (χ0n) is 14.0. The molecule has 1 amide bonds. The summed E-state index contributed by atoms with van der Waals surface area (Å²) >= 11 is 4.84. The molecule has 5 nitrogen and oxygen atoms in total. The van der Waals surface area contributed by atoms with Crippen LogP contribution in [0.5, 0.6) is 0 Å². The van der Waals surface area contributed by atoms with E-state index in [0.29, 0.717) is 16.7 Å². The van der Waals surface area contributed by atoms with Gasteiger partial charge in [0.15, 0.2) is 5.82 Å². The Balaban J connectivity index is 1.81. The number of H-pyrrole nitrogens is 1. The van der Waals surface area contributed by atoms with Crippen molar-refractivity contribution in [2.75, 3.05) is 5.75 Å². The number of nitrogens with one attached hydrogen (secondary N) is 2. The molecule has 1 aromatic carbocycles. The number of aromatic nitrogens is 3. The van der Waals surface area contributed by atoms with Gasteiger partial charge < -0.3 is 5.32 Å². The molecule has 2 rings (SSSR count). The number of carbonyl (C=O) groups is 1. The Morgan fingerprint density at radius 1 is 1.38 bits per heavy atom. The molecular weight excluding hydrogens is 388 g/mol. The summed E-state index contributed by atoms with van der Waals surface area (Å²) in [4.78, 5) is 16.4. The molecule has 1 unspecified atom stereocenters. The molecule has 0 fully saturated rings. The lowest BCUT2D eigenvalue weighted by molar-refractivity contribution is -0.119. The molecule has 0 aliphatic heterocycles. The lowest BCUT2D eigenvalue weighted by Gasteiger charge is -2.12. The molecule has 1 atom stereocenters. The minimum absolute atomic E-state index is 0.0243. The summed E-state index contributed by atoms with van der Waals surface area (Å²) in [5.41, 5.74) is 0.950. The molecule has 24 heavy (non-hydrogen) atoms. The Kier molecular flexibility index (Phi) is 7.78. The van der Waals surface area contributed by atoms with Crippen LogP contribution in [-0.2, 0) is 4.79 Å². The summed E-state index contributed by atoms with van der Waals surface area (Å²) in [7, 11) is 0. The first-order chi connectivity index (χ1) is 11.6. The molecule has 7 heteroatoms. The molecule has 1 heterocycles. The van der Waals surface area contributed by atoms with Crippen molar-refractivity contribution in [2.24, 2.45) is 0 Å². The zero-order valence-corrected chi connectivity index (χ0v) is 16.4. The maximum Gasteiger partial charge on any atom is 0.230 e. The predicted octanol–water partition coefficient (Wildman–Crippen LogP) is 4.41. The van der Waals surface area contributed by atoms with E-state index in [-0.39, 0.29) is 11.9 Å². The number of rotatable bonds is 9. The second-order valence-corrected chi connectivity index (χ2v) is 7.50. The number of halogens is 1. The molecular formula is C17H23BrN4OS. The number of hydrogen-bond acceptors (Lipinski definition) is 4. The molecule has 0 aliphatic carbocycles. The van der Waals surface area contributed by atoms with Gasteiger partial charge in [-0.05, 0) is 19.4 Å². The number of unbranched alkanes of at least 4 members (excludes halogenated alkanes) is 2. The van der Waals surface area contributed by atoms with Crippen molar-refractivity contribution in [3.8, 4) is 11.4 Å². The Labute approximate surface area is 155 Å². The molecule has 0 spiro atoms. The lowest BCUT2D eigenvalue weighted by Crippen LogP contribution is -2.33. The van der Waals surface area contributed by atoms with E-state index in [0.717, 1.165) is 22.9 Å². The van der Waals surface area contributed by atoms with Gasteiger partial charge in [-0.15, -0.1) is 5.10 Å². The number of benzene rings is 1. The molecule has 0 bridgehead atoms. The Bertz CT molecular complexity index is 662. The summed E-state index contributed by atoms with van der Waals surface area (Å²) in [6.07, 6.45) is 4.59. The zero-order chi connectivity index (χ0) is 17.4. The quantitative estimate of drug-likeness (QED) is 0.474. The highest BCUT2D eigenvalue weighted by Gasteiger charge is 2.12. The topological polar surface area (TPSA) is 70.7 Å². The van der Waals surface area contributed by atoms with Crippen LogP contribution in [-0.4, -0.2) is 32.9 Å². The number of hydrogen-bond donors (Lipinski definition) is 2. The van der Waals surface area contributed by atoms with Gasteiger partial charge in [-0.25, -0.2) is 4.98 Å². The van der Waals surface area contributed by atoms with Crippen molar-refractivity contribution in [3.63, 3.8) is 0 Å². The number of carbonyl (C=O) groups excluding carboxylic acids is 1. The Hall–Kier alpha value is -1.34. The van der Waals surface area contributed by atoms with Crippen molar-refractivity contribution in [3.05, 3.63) is 28.7 Å². The second-order valence-electron chi connectivity index (χ2n) is 5.70. The monoisotopic (exact) mass is 410 g/mol. The van der Waals surface area contributed by atoms with E-state index >= 15 is 0 Å². The highest BCUT2D eigenvalue weighted by molar-refractivity contribution is 9.10. The van der Waals surface area contributed by atoms with Gasteiger partial charge in [0, 0.05) is 16.1 Å². The van der Waals surface area contributed by atoms with E-state index in [2.05, 4.69) is 50.3 Å². The highest BCUT2D eigenvalue weighted by Crippen LogP contribution is 2.26. The minimum atomic E-state index is 0.0243. The molecule has 2 N–H and O–H groups in total. The Morgan fingerprint density at radius 3 is 2.92 bits per heavy atom. The van der Waals surface area contributed by atoms with E-state index in [1.807, 2.05) is 24.3 Å². The predicted molar refractivity (Wildman–Crippen MR) is 102 cm³/mol. The molecule has 0 aliphatic rings. The third-order valence-electron chi connectivity index (χ3n) is 3.57. The SMILES string of the molecule is CCCCCC(C)NC(=O)CSc1n[nH]c(-c2ccccc2Br)n1. The van der Waals surface area contributed by atoms with Crippen molar-refractivity contribution in [1.82, 2.24) is 20.5 Å². The van der Waals surface area contributed by atoms with E-state index in [1.165, 1.54) is 24.6 Å². The summed E-state index contributed by atoms with van der Waals surface area (Å²) < 4.78 is 0.955. The van der Waals surface area contributed by atoms with Gasteiger partial charge in [-0.2, -0.15) is 0 Å². The van der Waals surface area contributed by atoms with Gasteiger partial charge in [0.05, 0.1) is 5.75 Å². The number of amides is 1. The molecule has 1 aromatic heterocycles. The first-order valence-corrected chi connectivity index (χ1v) is 9.97. The van der Waals surface area contributed by atoms with Crippen LogP contribution in [0.25, 0.3) is 11.4 Å². The maximum absolute atomic E-state index is 12.0. The van der Waals surface area contributed by atoms with Crippen LogP contribution in [0.4, 0.5) is 0 Å². The fourth-order valence-corrected chi connectivity index (χ4v) is 3.39. The number of aromatic amines is 1. The van der Waals surface area contributed by atoms with Gasteiger partial charge in [0.25, 0.3) is 0 Å². The van der Waals surface area contributed by atoms with Gasteiger partial charge >= 0.3 is 0 Å². The highest BCUT2D eigenvalue weighted by atomic mass is 79.9. The first-order valence-electron chi connectivity index (χ1n) is 8.19. The third-order valence-corrected chi connectivity index (χ3v) is 5.11. The fraction of sp³-hybridized carbons (Fsp3) is 0.471. The van der Waals surface area contributed by atoms with Crippen molar-refractivity contribution >= 4 is 33.6 Å².